The molecule has 0 spiro atoms. The molecular formula is C46H51F3N2O4. The van der Waals surface area contributed by atoms with Crippen molar-refractivity contribution in [3.05, 3.63) is 154 Å². The Morgan fingerprint density at radius 1 is 0.927 bits per heavy atom. The lowest BCUT2D eigenvalue weighted by atomic mass is 9.64. The van der Waals surface area contributed by atoms with Crippen molar-refractivity contribution in [2.45, 2.75) is 102 Å². The number of alkyl halides is 3. The molecule has 1 saturated carbocycles. The van der Waals surface area contributed by atoms with Gasteiger partial charge in [-0.15, -0.1) is 0 Å². The van der Waals surface area contributed by atoms with E-state index in [1.165, 1.54) is 12.1 Å². The molecule has 0 heterocycles. The number of rotatable bonds is 8. The summed E-state index contributed by atoms with van der Waals surface area (Å²) >= 11 is 0. The van der Waals surface area contributed by atoms with Crippen LogP contribution in [0.3, 0.4) is 0 Å². The molecule has 0 unspecified atom stereocenters. The van der Waals surface area contributed by atoms with Gasteiger partial charge in [-0.25, -0.2) is 4.79 Å². The number of fused-ring (bicyclic) bond motifs is 8. The smallest absolute Gasteiger partial charge is 0.393 e. The highest BCUT2D eigenvalue weighted by Gasteiger charge is 2.57. The molecule has 3 aliphatic carbocycles. The van der Waals surface area contributed by atoms with Crippen molar-refractivity contribution in [3.8, 4) is 0 Å². The van der Waals surface area contributed by atoms with Gasteiger partial charge in [0, 0.05) is 23.1 Å². The summed E-state index contributed by atoms with van der Waals surface area (Å²) in [4.78, 5) is 30.3. The van der Waals surface area contributed by atoms with E-state index in [1.54, 1.807) is 11.0 Å². The maximum atomic E-state index is 14.4. The number of nitrogens with one attached hydrogen (secondary N) is 1. The van der Waals surface area contributed by atoms with Crippen LogP contribution in [0, 0.1) is 5.41 Å². The minimum atomic E-state index is -4.62. The molecule has 1 fully saturated rings. The fraction of sp³-hybridized carbons (Fsp3) is 0.391. The van der Waals surface area contributed by atoms with E-state index >= 15 is 0 Å². The van der Waals surface area contributed by atoms with Crippen LogP contribution in [-0.2, 0) is 19.1 Å². The van der Waals surface area contributed by atoms with Crippen molar-refractivity contribution in [3.63, 3.8) is 0 Å². The highest BCUT2D eigenvalue weighted by atomic mass is 19.4. The summed E-state index contributed by atoms with van der Waals surface area (Å²) in [6, 6.07) is 28.6. The van der Waals surface area contributed by atoms with Gasteiger partial charge in [0.15, 0.2) is 5.78 Å². The Labute approximate surface area is 322 Å². The zero-order valence-electron chi connectivity index (χ0n) is 31.8. The number of ketones is 1. The summed E-state index contributed by atoms with van der Waals surface area (Å²) in [5.74, 6) is -0.916. The van der Waals surface area contributed by atoms with E-state index in [0.717, 1.165) is 28.8 Å². The minimum Gasteiger partial charge on any atom is -0.393 e. The van der Waals surface area contributed by atoms with Crippen molar-refractivity contribution in [2.75, 3.05) is 6.54 Å². The number of carbonyl (C=O) groups is 2. The number of allylic oxidation sites excluding steroid dienone is 2. The Hall–Kier alpha value is -4.73. The van der Waals surface area contributed by atoms with Gasteiger partial charge in [-0.3, -0.25) is 4.79 Å². The third-order valence-corrected chi connectivity index (χ3v) is 12.0. The maximum Gasteiger partial charge on any atom is 0.416 e. The fourth-order valence-corrected chi connectivity index (χ4v) is 8.61. The first-order valence-electron chi connectivity index (χ1n) is 19.2. The molecule has 0 radical (unpaired) electrons. The normalized spacial score (nSPS) is 23.6. The molecule has 2 bridgehead atoms. The van der Waals surface area contributed by atoms with E-state index in [2.05, 4.69) is 11.4 Å². The molecule has 290 valence electrons. The Bertz CT molecular complexity index is 2000. The zero-order valence-corrected chi connectivity index (χ0v) is 31.8. The van der Waals surface area contributed by atoms with Crippen LogP contribution in [-0.4, -0.2) is 45.2 Å². The third-order valence-electron chi connectivity index (χ3n) is 12.0. The highest BCUT2D eigenvalue weighted by Crippen LogP contribution is 2.59. The second kappa shape index (κ2) is 16.6. The second-order valence-electron chi connectivity index (χ2n) is 15.8. The summed E-state index contributed by atoms with van der Waals surface area (Å²) in [6.07, 6.45) is 0.280. The summed E-state index contributed by atoms with van der Waals surface area (Å²) in [5, 5.41) is 27.1. The molecule has 0 aliphatic heterocycles. The van der Waals surface area contributed by atoms with Crippen LogP contribution < -0.4 is 5.32 Å². The first kappa shape index (κ1) is 39.9. The SMILES string of the molecule is CC1=CCC[C@@]2(C)[C@@H](CC[C@@]2(O)CN(Cc2ccccc2)C(=O)N[C@H](C)c2ccccc2)c2ccc(cc2C(=O)c2cccc(C(F)(F)F)c2)C[C@@H](O)CC1. The van der Waals surface area contributed by atoms with Crippen LogP contribution in [0.2, 0.25) is 0 Å². The summed E-state index contributed by atoms with van der Waals surface area (Å²) in [5.41, 5.74) is 1.36. The minimum absolute atomic E-state index is 0.0200. The number of halogens is 3. The van der Waals surface area contributed by atoms with Crippen LogP contribution >= 0.6 is 0 Å². The summed E-state index contributed by atoms with van der Waals surface area (Å²) in [6.45, 7) is 6.27. The molecule has 0 aromatic heterocycles. The molecule has 55 heavy (non-hydrogen) atoms. The van der Waals surface area contributed by atoms with Crippen LogP contribution in [0.5, 0.6) is 0 Å². The van der Waals surface area contributed by atoms with Crippen molar-refractivity contribution in [2.24, 2.45) is 5.41 Å². The predicted molar refractivity (Wildman–Crippen MR) is 209 cm³/mol. The molecule has 9 heteroatoms. The number of aliphatic hydroxyl groups excluding tert-OH is 1. The number of urea groups is 1. The molecule has 4 aromatic carbocycles. The molecule has 6 nitrogen and oxygen atoms in total. The van der Waals surface area contributed by atoms with Gasteiger partial charge in [-0.05, 0) is 105 Å². The van der Waals surface area contributed by atoms with E-state index in [4.69, 9.17) is 0 Å². The first-order valence-corrected chi connectivity index (χ1v) is 19.2. The first-order chi connectivity index (χ1) is 26.2. The Kier molecular flexibility index (Phi) is 12.0. The summed E-state index contributed by atoms with van der Waals surface area (Å²) < 4.78 is 41.4. The van der Waals surface area contributed by atoms with Crippen molar-refractivity contribution in [1.82, 2.24) is 10.2 Å². The van der Waals surface area contributed by atoms with Gasteiger partial charge in [0.25, 0.3) is 0 Å². The lowest BCUT2D eigenvalue weighted by molar-refractivity contribution is -0.137. The van der Waals surface area contributed by atoms with Crippen LogP contribution in [0.1, 0.15) is 115 Å². The Morgan fingerprint density at radius 3 is 2.35 bits per heavy atom. The van der Waals surface area contributed by atoms with Crippen molar-refractivity contribution in [1.29, 1.82) is 0 Å². The molecule has 2 amide bonds. The average molecular weight is 753 g/mol. The zero-order chi connectivity index (χ0) is 39.4. The molecular weight excluding hydrogens is 702 g/mol. The van der Waals surface area contributed by atoms with Gasteiger partial charge in [-0.2, -0.15) is 13.2 Å². The summed E-state index contributed by atoms with van der Waals surface area (Å²) in [7, 11) is 0. The third kappa shape index (κ3) is 9.05. The molecule has 3 aliphatic rings. The quantitative estimate of drug-likeness (QED) is 0.124. The number of hydrogen-bond donors (Lipinski definition) is 3. The van der Waals surface area contributed by atoms with Crippen LogP contribution in [0.25, 0.3) is 0 Å². The molecule has 5 atom stereocenters. The number of carbonyl (C=O) groups excluding carboxylic acids is 2. The van der Waals surface area contributed by atoms with E-state index in [1.807, 2.05) is 93.6 Å². The lowest BCUT2D eigenvalue weighted by Crippen LogP contribution is -2.55. The van der Waals surface area contributed by atoms with Gasteiger partial charge >= 0.3 is 12.2 Å². The van der Waals surface area contributed by atoms with Gasteiger partial charge < -0.3 is 20.4 Å². The second-order valence-corrected chi connectivity index (χ2v) is 15.8. The Morgan fingerprint density at radius 2 is 1.64 bits per heavy atom. The lowest BCUT2D eigenvalue weighted by Gasteiger charge is -2.46. The van der Waals surface area contributed by atoms with Crippen molar-refractivity contribution < 1.29 is 33.0 Å². The topological polar surface area (TPSA) is 89.9 Å². The van der Waals surface area contributed by atoms with Gasteiger partial charge in [0.1, 0.15) is 0 Å². The monoisotopic (exact) mass is 752 g/mol. The van der Waals surface area contributed by atoms with Crippen molar-refractivity contribution >= 4 is 11.8 Å². The van der Waals surface area contributed by atoms with E-state index in [-0.39, 0.29) is 48.6 Å². The van der Waals surface area contributed by atoms with Gasteiger partial charge in [0.2, 0.25) is 0 Å². The predicted octanol–water partition coefficient (Wildman–Crippen LogP) is 9.95. The van der Waals surface area contributed by atoms with E-state index < -0.39 is 34.6 Å². The highest BCUT2D eigenvalue weighted by molar-refractivity contribution is 6.10. The average Bonchev–Trinajstić information content (AvgIpc) is 3.42. The molecule has 3 N–H and O–H groups in total. The van der Waals surface area contributed by atoms with E-state index in [9.17, 15) is 33.0 Å². The number of amides is 2. The van der Waals surface area contributed by atoms with E-state index in [0.29, 0.717) is 49.7 Å². The number of benzene rings is 4. The number of hydrogen-bond acceptors (Lipinski definition) is 4. The van der Waals surface area contributed by atoms with Crippen LogP contribution in [0.15, 0.2) is 115 Å². The number of aliphatic hydroxyl groups is 2. The molecule has 4 aromatic rings. The largest absolute Gasteiger partial charge is 0.416 e. The van der Waals surface area contributed by atoms with Gasteiger partial charge in [0.05, 0.1) is 29.9 Å². The fourth-order valence-electron chi connectivity index (χ4n) is 8.61. The molecule has 0 saturated heterocycles. The maximum absolute atomic E-state index is 14.4. The van der Waals surface area contributed by atoms with Crippen LogP contribution in [0.4, 0.5) is 18.0 Å². The Balaban J connectivity index is 1.42. The molecule has 7 rings (SSSR count). The number of nitrogens with zero attached hydrogens (tertiary/aromatic N) is 1. The van der Waals surface area contributed by atoms with Gasteiger partial charge in [-0.1, -0.05) is 104 Å². The standard InChI is InChI=1S/C46H51F3N2O4/c1-31-12-11-24-44(3)41(39-22-20-34(26-38(52)21-19-31)27-40(39)42(53)36-17-10-18-37(28-36)46(47,48)49)23-25-45(44,55)30-51(29-33-13-6-4-7-14-33)43(54)50-32(2)35-15-8-5-9-16-35/h4-10,12-18,20,22,27-28,32,38,41,52,55H,11,19,21,23-26,29-30H2,1-3H3,(H,50,54)/t32-,38+,41+,44+,45-/m1/s1.